The molecule has 0 spiro atoms. The number of nitrogens with zero attached hydrogens (tertiary/aromatic N) is 1. The molecule has 1 fully saturated rings. The maximum Gasteiger partial charge on any atom is 0.410 e. The van der Waals surface area contributed by atoms with E-state index in [4.69, 9.17) is 15.6 Å². The highest BCUT2D eigenvalue weighted by atomic mass is 32.2. The van der Waals surface area contributed by atoms with E-state index in [0.29, 0.717) is 23.4 Å². The topological polar surface area (TPSA) is 96.9 Å². The van der Waals surface area contributed by atoms with Gasteiger partial charge in [-0.05, 0) is 31.0 Å². The van der Waals surface area contributed by atoms with Crippen molar-refractivity contribution in [3.63, 3.8) is 0 Å². The minimum absolute atomic E-state index is 0.0341. The number of amides is 1. The molecule has 23 heavy (non-hydrogen) atoms. The van der Waals surface area contributed by atoms with Crippen molar-refractivity contribution in [3.05, 3.63) is 29.6 Å². The standard InChI is InChI=1S/C15H18FN3O3S/c1-22-12-4-5-15(9-6-8(17)2-3-11(9)16)10(12)7-23-13(19-15)18-14(20)21/h2-3,6,10,12H,4-5,7,17H2,1H3,(H,18,19)(H,20,21)/t10-,12+,15-/m1/s1. The van der Waals surface area contributed by atoms with E-state index in [2.05, 4.69) is 10.3 Å². The van der Waals surface area contributed by atoms with Crippen LogP contribution in [0.5, 0.6) is 0 Å². The molecule has 1 aromatic rings. The molecular weight excluding hydrogens is 321 g/mol. The number of nitrogens with one attached hydrogen (secondary N) is 1. The van der Waals surface area contributed by atoms with Crippen LogP contribution in [0.25, 0.3) is 0 Å². The van der Waals surface area contributed by atoms with Crippen LogP contribution in [0.15, 0.2) is 23.2 Å². The highest BCUT2D eigenvalue weighted by molar-refractivity contribution is 8.13. The summed E-state index contributed by atoms with van der Waals surface area (Å²) in [6.07, 6.45) is 0.0968. The number of anilines is 1. The summed E-state index contributed by atoms with van der Waals surface area (Å²) in [6.45, 7) is 0. The van der Waals surface area contributed by atoms with E-state index < -0.39 is 11.6 Å². The number of methoxy groups -OCH3 is 1. The van der Waals surface area contributed by atoms with Gasteiger partial charge in [0, 0.05) is 30.0 Å². The number of thioether (sulfide) groups is 1. The number of nitrogens with two attached hydrogens (primary N) is 1. The van der Waals surface area contributed by atoms with Gasteiger partial charge in [0.1, 0.15) is 5.82 Å². The molecule has 1 saturated carbocycles. The Morgan fingerprint density at radius 2 is 2.39 bits per heavy atom. The van der Waals surface area contributed by atoms with Crippen molar-refractivity contribution in [3.8, 4) is 0 Å². The van der Waals surface area contributed by atoms with Gasteiger partial charge in [0.2, 0.25) is 0 Å². The summed E-state index contributed by atoms with van der Waals surface area (Å²) in [4.78, 5) is 15.5. The molecule has 124 valence electrons. The van der Waals surface area contributed by atoms with Crippen LogP contribution in [0.4, 0.5) is 14.9 Å². The Balaban J connectivity index is 2.11. The third kappa shape index (κ3) is 2.76. The summed E-state index contributed by atoms with van der Waals surface area (Å²) in [5.74, 6) is 0.186. The van der Waals surface area contributed by atoms with E-state index >= 15 is 0 Å². The highest BCUT2D eigenvalue weighted by Gasteiger charge is 2.53. The third-order valence-electron chi connectivity index (χ3n) is 4.55. The minimum Gasteiger partial charge on any atom is -0.465 e. The zero-order valence-electron chi connectivity index (χ0n) is 12.6. The van der Waals surface area contributed by atoms with Crippen molar-refractivity contribution in [1.82, 2.24) is 5.32 Å². The molecule has 6 nitrogen and oxygen atoms in total. The van der Waals surface area contributed by atoms with Crippen molar-refractivity contribution in [2.24, 2.45) is 10.9 Å². The average Bonchev–Trinajstić information content (AvgIpc) is 2.88. The van der Waals surface area contributed by atoms with Gasteiger partial charge in [-0.1, -0.05) is 11.8 Å². The molecule has 3 rings (SSSR count). The SMILES string of the molecule is CO[C@H]1CC[C@]2(c3cc(N)ccc3F)N=C(NC(=O)O)SC[C@H]12. The number of hydrogen-bond acceptors (Lipinski definition) is 5. The molecule has 0 bridgehead atoms. The van der Waals surface area contributed by atoms with Gasteiger partial charge < -0.3 is 15.6 Å². The molecule has 1 amide bonds. The quantitative estimate of drug-likeness (QED) is 0.719. The Morgan fingerprint density at radius 3 is 3.09 bits per heavy atom. The smallest absolute Gasteiger partial charge is 0.410 e. The van der Waals surface area contributed by atoms with Crippen LogP contribution in [0, 0.1) is 11.7 Å². The van der Waals surface area contributed by atoms with Gasteiger partial charge in [0.15, 0.2) is 5.17 Å². The van der Waals surface area contributed by atoms with Crippen molar-refractivity contribution >= 4 is 28.7 Å². The van der Waals surface area contributed by atoms with E-state index in [1.807, 2.05) is 0 Å². The van der Waals surface area contributed by atoms with Crippen molar-refractivity contribution in [1.29, 1.82) is 0 Å². The van der Waals surface area contributed by atoms with Crippen LogP contribution >= 0.6 is 11.8 Å². The van der Waals surface area contributed by atoms with Gasteiger partial charge in [-0.3, -0.25) is 10.3 Å². The van der Waals surface area contributed by atoms with E-state index in [1.54, 1.807) is 13.2 Å². The first-order valence-electron chi connectivity index (χ1n) is 7.27. The van der Waals surface area contributed by atoms with Crippen LogP contribution in [-0.2, 0) is 10.3 Å². The predicted molar refractivity (Wildman–Crippen MR) is 87.1 cm³/mol. The molecule has 8 heteroatoms. The molecule has 0 saturated heterocycles. The molecule has 2 aliphatic rings. The number of amidine groups is 1. The monoisotopic (exact) mass is 339 g/mol. The maximum atomic E-state index is 14.5. The molecule has 0 unspecified atom stereocenters. The number of carbonyl (C=O) groups is 1. The van der Waals surface area contributed by atoms with Crippen LogP contribution in [0.1, 0.15) is 18.4 Å². The number of nitrogen functional groups attached to an aromatic ring is 1. The number of halogens is 1. The predicted octanol–water partition coefficient (Wildman–Crippen LogP) is 2.40. The lowest BCUT2D eigenvalue weighted by Crippen LogP contribution is -2.43. The van der Waals surface area contributed by atoms with Crippen LogP contribution in [0.3, 0.4) is 0 Å². The fourth-order valence-electron chi connectivity index (χ4n) is 3.53. The molecule has 0 radical (unpaired) electrons. The van der Waals surface area contributed by atoms with E-state index in [9.17, 15) is 9.18 Å². The number of aliphatic imine (C=N–C) groups is 1. The summed E-state index contributed by atoms with van der Waals surface area (Å²) < 4.78 is 20.0. The third-order valence-corrected chi connectivity index (χ3v) is 5.54. The number of ether oxygens (including phenoxy) is 1. The van der Waals surface area contributed by atoms with E-state index in [1.165, 1.54) is 23.9 Å². The second kappa shape index (κ2) is 6.01. The molecular formula is C15H18FN3O3S. The van der Waals surface area contributed by atoms with Crippen molar-refractivity contribution < 1.29 is 19.0 Å². The fourth-order valence-corrected chi connectivity index (χ4v) is 4.74. The first-order chi connectivity index (χ1) is 11.0. The molecule has 1 aromatic carbocycles. The van der Waals surface area contributed by atoms with Gasteiger partial charge in [-0.25, -0.2) is 9.18 Å². The summed E-state index contributed by atoms with van der Waals surface area (Å²) in [5.41, 5.74) is 5.86. The molecule has 4 N–H and O–H groups in total. The molecule has 1 heterocycles. The van der Waals surface area contributed by atoms with Gasteiger partial charge in [0.05, 0.1) is 11.6 Å². The Morgan fingerprint density at radius 1 is 1.61 bits per heavy atom. The average molecular weight is 339 g/mol. The Labute approximate surface area is 137 Å². The second-order valence-electron chi connectivity index (χ2n) is 5.74. The normalized spacial score (nSPS) is 29.7. The molecule has 0 aromatic heterocycles. The summed E-state index contributed by atoms with van der Waals surface area (Å²) in [5, 5.41) is 11.5. The van der Waals surface area contributed by atoms with E-state index in [-0.39, 0.29) is 23.0 Å². The van der Waals surface area contributed by atoms with E-state index in [0.717, 1.165) is 6.42 Å². The lowest BCUT2D eigenvalue weighted by atomic mass is 9.80. The van der Waals surface area contributed by atoms with Crippen LogP contribution in [0.2, 0.25) is 0 Å². The van der Waals surface area contributed by atoms with Crippen molar-refractivity contribution in [2.45, 2.75) is 24.5 Å². The van der Waals surface area contributed by atoms with Crippen LogP contribution in [-0.4, -0.2) is 35.3 Å². The largest absolute Gasteiger partial charge is 0.465 e. The summed E-state index contributed by atoms with van der Waals surface area (Å²) in [6, 6.07) is 4.43. The van der Waals surface area contributed by atoms with Crippen molar-refractivity contribution in [2.75, 3.05) is 18.6 Å². The van der Waals surface area contributed by atoms with Gasteiger partial charge in [-0.15, -0.1) is 0 Å². The minimum atomic E-state index is -1.18. The number of rotatable bonds is 2. The fraction of sp³-hybridized carbons (Fsp3) is 0.467. The lowest BCUT2D eigenvalue weighted by molar-refractivity contribution is 0.0644. The Bertz CT molecular complexity index is 669. The zero-order valence-corrected chi connectivity index (χ0v) is 13.4. The molecule has 1 aliphatic carbocycles. The highest BCUT2D eigenvalue weighted by Crippen LogP contribution is 2.52. The maximum absolute atomic E-state index is 14.5. The Hall–Kier alpha value is -1.80. The second-order valence-corrected chi connectivity index (χ2v) is 6.75. The zero-order chi connectivity index (χ0) is 16.6. The van der Waals surface area contributed by atoms with Gasteiger partial charge in [0.25, 0.3) is 0 Å². The van der Waals surface area contributed by atoms with Crippen LogP contribution < -0.4 is 11.1 Å². The number of fused-ring (bicyclic) bond motifs is 1. The lowest BCUT2D eigenvalue weighted by Gasteiger charge is -2.38. The number of carboxylic acid groups (broad SMARTS) is 1. The molecule has 3 atom stereocenters. The van der Waals surface area contributed by atoms with Gasteiger partial charge >= 0.3 is 6.09 Å². The van der Waals surface area contributed by atoms with Gasteiger partial charge in [-0.2, -0.15) is 0 Å². The molecule has 1 aliphatic heterocycles. The summed E-state index contributed by atoms with van der Waals surface area (Å²) in [7, 11) is 1.63. The first-order valence-corrected chi connectivity index (χ1v) is 8.26. The summed E-state index contributed by atoms with van der Waals surface area (Å²) >= 11 is 1.31. The first kappa shape index (κ1) is 16.1. The Kier molecular flexibility index (Phi) is 4.20. The number of benzene rings is 1. The number of hydrogen-bond donors (Lipinski definition) is 3.